The molecule has 0 atom stereocenters. The van der Waals surface area contributed by atoms with E-state index in [0.29, 0.717) is 12.5 Å². The van der Waals surface area contributed by atoms with Crippen molar-refractivity contribution >= 4 is 28.9 Å². The van der Waals surface area contributed by atoms with E-state index in [9.17, 15) is 0 Å². The Morgan fingerprint density at radius 2 is 1.67 bits per heavy atom. The Morgan fingerprint density at radius 3 is 1.67 bits per heavy atom. The second kappa shape index (κ2) is 1.37. The van der Waals surface area contributed by atoms with Gasteiger partial charge in [-0.1, -0.05) is 0 Å². The maximum atomic E-state index is 5.58. The van der Waals surface area contributed by atoms with Gasteiger partial charge in [-0.25, -0.2) is 0 Å². The number of rotatable bonds is 0. The lowest BCUT2D eigenvalue weighted by molar-refractivity contribution is 0.175. The minimum absolute atomic E-state index is 0.621. The van der Waals surface area contributed by atoms with Gasteiger partial charge in [0.1, 0.15) is 0 Å². The minimum Gasteiger partial charge on any atom is -0.382 e. The van der Waals surface area contributed by atoms with Crippen LogP contribution < -0.4 is 0 Å². The van der Waals surface area contributed by atoms with Crippen LogP contribution in [0.4, 0.5) is 0 Å². The Hall–Kier alpha value is 0.757. The fraction of sp³-hybridized carbons (Fsp3) is 1.00. The Kier molecular flexibility index (Phi) is 1.12. The molecule has 4 heteroatoms. The van der Waals surface area contributed by atoms with E-state index in [1.165, 1.54) is 0 Å². The van der Waals surface area contributed by atoms with E-state index >= 15 is 0 Å². The lowest BCUT2D eigenvalue weighted by atomic mass is 11.5. The van der Waals surface area contributed by atoms with Gasteiger partial charge in [-0.3, -0.25) is 0 Å². The zero-order valence-electron chi connectivity index (χ0n) is 3.08. The molecule has 1 aliphatic rings. The van der Waals surface area contributed by atoms with E-state index in [1.54, 1.807) is 0 Å². The molecule has 1 aliphatic heterocycles. The molecule has 0 aromatic carbocycles. The molecule has 0 saturated carbocycles. The second-order valence-electron chi connectivity index (χ2n) is 1.35. The molecule has 0 aliphatic carbocycles. The monoisotopic (exact) mass is 142 g/mol. The maximum absolute atomic E-state index is 5.58. The van der Waals surface area contributed by atoms with Gasteiger partial charge in [-0.2, -0.15) is 0 Å². The van der Waals surface area contributed by atoms with Crippen LogP contribution in [0.25, 0.3) is 0 Å². The Labute approximate surface area is 46.6 Å². The third-order valence-electron chi connectivity index (χ3n) is 0.626. The first kappa shape index (κ1) is 4.90. The highest BCUT2D eigenvalue weighted by molar-refractivity contribution is 7.46. The van der Waals surface area contributed by atoms with Crippen LogP contribution in [0.3, 0.4) is 0 Å². The van der Waals surface area contributed by atoms with Crippen LogP contribution in [0.5, 0.6) is 0 Å². The summed E-state index contributed by atoms with van der Waals surface area (Å²) in [7, 11) is 0. The second-order valence-corrected chi connectivity index (χ2v) is 8.56. The molecule has 1 rings (SSSR count). The highest BCUT2D eigenvalue weighted by Crippen LogP contribution is 2.22. The molecule has 36 valence electrons. The number of hydrogen-bond acceptors (Lipinski definition) is 1. The molecule has 1 heterocycles. The predicted octanol–water partition coefficient (Wildman–Crippen LogP) is 1.01. The van der Waals surface area contributed by atoms with E-state index in [-0.39, 0.29) is 0 Å². The van der Waals surface area contributed by atoms with Gasteiger partial charge in [0, 0.05) is 0 Å². The predicted molar refractivity (Wildman–Crippen MR) is 28.3 cm³/mol. The lowest BCUT2D eigenvalue weighted by Gasteiger charge is -2.25. The first-order chi connectivity index (χ1) is 2.71. The molecular formula is C2H4Cl2OSi. The van der Waals surface area contributed by atoms with E-state index in [2.05, 4.69) is 0 Å². The summed E-state index contributed by atoms with van der Waals surface area (Å²) >= 11 is 11.2. The average molecular weight is 143 g/mol. The van der Waals surface area contributed by atoms with Gasteiger partial charge in [0.05, 0.1) is 12.5 Å². The standard InChI is InChI=1S/C2H4Cl2OSi/c3-6(4)1-5-2-6/h1-2H2. The van der Waals surface area contributed by atoms with Crippen molar-refractivity contribution in [3.8, 4) is 0 Å². The van der Waals surface area contributed by atoms with Crippen LogP contribution in [0, 0.1) is 0 Å². The highest BCUT2D eigenvalue weighted by Gasteiger charge is 2.37. The normalized spacial score (nSPS) is 29.0. The summed E-state index contributed by atoms with van der Waals surface area (Å²) in [6, 6.07) is 0. The summed E-state index contributed by atoms with van der Waals surface area (Å²) in [5, 5.41) is 0. The Bertz CT molecular complexity index is 58.6. The van der Waals surface area contributed by atoms with Crippen LogP contribution in [-0.2, 0) is 4.74 Å². The van der Waals surface area contributed by atoms with Gasteiger partial charge < -0.3 is 4.74 Å². The van der Waals surface area contributed by atoms with E-state index in [1.807, 2.05) is 0 Å². The molecule has 0 amide bonds. The Morgan fingerprint density at radius 1 is 1.33 bits per heavy atom. The topological polar surface area (TPSA) is 9.23 Å². The largest absolute Gasteiger partial charge is 0.382 e. The van der Waals surface area contributed by atoms with Gasteiger partial charge >= 0.3 is 6.69 Å². The number of hydrogen-bond donors (Lipinski definition) is 0. The van der Waals surface area contributed by atoms with E-state index < -0.39 is 6.69 Å². The Balaban J connectivity index is 2.31. The first-order valence-electron chi connectivity index (χ1n) is 1.66. The number of halogens is 2. The van der Waals surface area contributed by atoms with Crippen molar-refractivity contribution in [1.29, 1.82) is 0 Å². The molecule has 0 aromatic heterocycles. The van der Waals surface area contributed by atoms with Gasteiger partial charge in [-0.05, 0) is 0 Å². The van der Waals surface area contributed by atoms with E-state index in [4.69, 9.17) is 26.9 Å². The van der Waals surface area contributed by atoms with Gasteiger partial charge in [0.15, 0.2) is 0 Å². The summed E-state index contributed by atoms with van der Waals surface area (Å²) in [6.07, 6.45) is 1.24. The molecule has 1 nitrogen and oxygen atoms in total. The molecule has 0 unspecified atom stereocenters. The lowest BCUT2D eigenvalue weighted by Crippen LogP contribution is -2.44. The molecule has 0 spiro atoms. The minimum atomic E-state index is -1.73. The fourth-order valence-corrected chi connectivity index (χ4v) is 1.69. The molecular weight excluding hydrogens is 139 g/mol. The van der Waals surface area contributed by atoms with Crippen molar-refractivity contribution in [2.75, 3.05) is 12.5 Å². The molecule has 1 fully saturated rings. The quantitative estimate of drug-likeness (QED) is 0.363. The van der Waals surface area contributed by atoms with Gasteiger partial charge in [0.2, 0.25) is 0 Å². The number of ether oxygens (including phenoxy) is 1. The van der Waals surface area contributed by atoms with Crippen LogP contribution in [0.1, 0.15) is 0 Å². The maximum Gasteiger partial charge on any atom is 0.300 e. The molecule has 0 aromatic rings. The highest BCUT2D eigenvalue weighted by atomic mass is 35.7. The molecule has 6 heavy (non-hydrogen) atoms. The van der Waals surface area contributed by atoms with Crippen molar-refractivity contribution in [2.24, 2.45) is 0 Å². The van der Waals surface area contributed by atoms with Gasteiger partial charge in [0.25, 0.3) is 0 Å². The third kappa shape index (κ3) is 0.876. The van der Waals surface area contributed by atoms with Crippen molar-refractivity contribution in [3.63, 3.8) is 0 Å². The third-order valence-corrected chi connectivity index (χ3v) is 3.19. The van der Waals surface area contributed by atoms with Crippen molar-refractivity contribution < 1.29 is 4.74 Å². The molecule has 1 saturated heterocycles. The molecule has 0 N–H and O–H groups in total. The summed E-state index contributed by atoms with van der Waals surface area (Å²) in [5.41, 5.74) is 0. The SMILES string of the molecule is Cl[Si]1(Cl)COC1. The zero-order chi connectivity index (χ0) is 4.62. The van der Waals surface area contributed by atoms with Crippen LogP contribution in [0.15, 0.2) is 0 Å². The molecule has 0 bridgehead atoms. The average Bonchev–Trinajstić information content (AvgIpc) is 1.32. The first-order valence-corrected chi connectivity index (χ1v) is 6.10. The van der Waals surface area contributed by atoms with Crippen LogP contribution >= 0.6 is 22.2 Å². The summed E-state index contributed by atoms with van der Waals surface area (Å²) in [4.78, 5) is 0. The van der Waals surface area contributed by atoms with Crippen LogP contribution in [-0.4, -0.2) is 19.2 Å². The summed E-state index contributed by atoms with van der Waals surface area (Å²) < 4.78 is 4.74. The van der Waals surface area contributed by atoms with Crippen molar-refractivity contribution in [2.45, 2.75) is 0 Å². The summed E-state index contributed by atoms with van der Waals surface area (Å²) in [5.74, 6) is 0. The fourth-order valence-electron chi connectivity index (χ4n) is 0.256. The summed E-state index contributed by atoms with van der Waals surface area (Å²) in [6.45, 7) is -1.73. The van der Waals surface area contributed by atoms with E-state index in [0.717, 1.165) is 0 Å². The zero-order valence-corrected chi connectivity index (χ0v) is 5.59. The smallest absolute Gasteiger partial charge is 0.300 e. The molecule has 0 radical (unpaired) electrons. The van der Waals surface area contributed by atoms with Crippen molar-refractivity contribution in [3.05, 3.63) is 0 Å². The van der Waals surface area contributed by atoms with Crippen LogP contribution in [0.2, 0.25) is 0 Å². The van der Waals surface area contributed by atoms with Gasteiger partial charge in [-0.15, -0.1) is 22.2 Å². The van der Waals surface area contributed by atoms with Crippen molar-refractivity contribution in [1.82, 2.24) is 0 Å².